The molecule has 0 saturated carbocycles. The van der Waals surface area contributed by atoms with Crippen molar-refractivity contribution in [2.24, 2.45) is 5.92 Å². The van der Waals surface area contributed by atoms with Crippen molar-refractivity contribution in [2.75, 3.05) is 23.7 Å². The standard InChI is InChI=1S/C24H30ClF2N3O4S/c1-5-22(24(32)28-13-16(2)3)29(14-17-6-8-18(25)9-7-17)23(31)15-30(35(4,33)34)19-10-11-20(26)21(27)12-19/h6-12,16,22H,5,13-15H2,1-4H3,(H,28,32)/t22-/m1/s1. The van der Waals surface area contributed by atoms with Crippen molar-refractivity contribution in [2.45, 2.75) is 39.8 Å². The average molecular weight is 530 g/mol. The predicted octanol–water partition coefficient (Wildman–Crippen LogP) is 3.96. The number of nitrogens with one attached hydrogen (secondary N) is 1. The Balaban J connectivity index is 2.43. The van der Waals surface area contributed by atoms with Gasteiger partial charge < -0.3 is 10.2 Å². The van der Waals surface area contributed by atoms with E-state index in [1.54, 1.807) is 31.2 Å². The summed E-state index contributed by atoms with van der Waals surface area (Å²) in [6.07, 6.45) is 1.13. The molecule has 35 heavy (non-hydrogen) atoms. The van der Waals surface area contributed by atoms with Gasteiger partial charge in [-0.3, -0.25) is 13.9 Å². The van der Waals surface area contributed by atoms with Crippen LogP contribution in [0.15, 0.2) is 42.5 Å². The van der Waals surface area contributed by atoms with Crippen LogP contribution in [0.2, 0.25) is 5.02 Å². The van der Waals surface area contributed by atoms with Gasteiger partial charge >= 0.3 is 0 Å². The smallest absolute Gasteiger partial charge is 0.244 e. The molecule has 0 aliphatic rings. The first-order valence-electron chi connectivity index (χ1n) is 11.1. The van der Waals surface area contributed by atoms with Crippen LogP contribution in [-0.2, 0) is 26.2 Å². The van der Waals surface area contributed by atoms with Crippen molar-refractivity contribution < 1.29 is 26.8 Å². The van der Waals surface area contributed by atoms with Gasteiger partial charge in [-0.05, 0) is 42.2 Å². The Morgan fingerprint density at radius 3 is 2.20 bits per heavy atom. The maximum absolute atomic E-state index is 13.8. The number of carbonyl (C=O) groups excluding carboxylic acids is 2. The lowest BCUT2D eigenvalue weighted by molar-refractivity contribution is -0.140. The van der Waals surface area contributed by atoms with Crippen molar-refractivity contribution in [3.63, 3.8) is 0 Å². The van der Waals surface area contributed by atoms with E-state index in [4.69, 9.17) is 11.6 Å². The van der Waals surface area contributed by atoms with E-state index in [1.165, 1.54) is 4.90 Å². The second-order valence-electron chi connectivity index (χ2n) is 8.58. The molecule has 0 bridgehead atoms. The molecule has 0 aromatic heterocycles. The molecule has 2 amide bonds. The predicted molar refractivity (Wildman–Crippen MR) is 132 cm³/mol. The largest absolute Gasteiger partial charge is 0.354 e. The maximum Gasteiger partial charge on any atom is 0.244 e. The molecule has 0 aliphatic heterocycles. The molecule has 192 valence electrons. The molecular formula is C24H30ClF2N3O4S. The molecule has 0 fully saturated rings. The lowest BCUT2D eigenvalue weighted by Crippen LogP contribution is -2.52. The molecule has 0 saturated heterocycles. The Hall–Kier alpha value is -2.72. The molecule has 0 unspecified atom stereocenters. The quantitative estimate of drug-likeness (QED) is 0.477. The van der Waals surface area contributed by atoms with Gasteiger partial charge in [0.2, 0.25) is 21.8 Å². The van der Waals surface area contributed by atoms with Crippen molar-refractivity contribution >= 4 is 39.1 Å². The monoisotopic (exact) mass is 529 g/mol. The topological polar surface area (TPSA) is 86.8 Å². The molecule has 11 heteroatoms. The molecule has 2 aromatic carbocycles. The van der Waals surface area contributed by atoms with E-state index in [9.17, 15) is 26.8 Å². The van der Waals surface area contributed by atoms with Gasteiger partial charge in [0.25, 0.3) is 0 Å². The number of sulfonamides is 1. The summed E-state index contributed by atoms with van der Waals surface area (Å²) in [6.45, 7) is 5.33. The number of nitrogens with zero attached hydrogens (tertiary/aromatic N) is 2. The van der Waals surface area contributed by atoms with E-state index in [0.717, 1.165) is 18.4 Å². The van der Waals surface area contributed by atoms with E-state index >= 15 is 0 Å². The third-order valence-corrected chi connectivity index (χ3v) is 6.60. The molecule has 0 heterocycles. The number of anilines is 1. The van der Waals surface area contributed by atoms with Gasteiger partial charge in [0.1, 0.15) is 12.6 Å². The molecule has 0 spiro atoms. The van der Waals surface area contributed by atoms with E-state index in [1.807, 2.05) is 13.8 Å². The molecule has 7 nitrogen and oxygen atoms in total. The van der Waals surface area contributed by atoms with Crippen LogP contribution in [0.1, 0.15) is 32.8 Å². The van der Waals surface area contributed by atoms with Crippen LogP contribution < -0.4 is 9.62 Å². The van der Waals surface area contributed by atoms with Gasteiger partial charge in [0.05, 0.1) is 11.9 Å². The molecule has 2 rings (SSSR count). The number of halogens is 3. The molecule has 1 atom stereocenters. The van der Waals surface area contributed by atoms with E-state index in [-0.39, 0.29) is 30.5 Å². The Morgan fingerprint density at radius 1 is 1.06 bits per heavy atom. The zero-order valence-corrected chi connectivity index (χ0v) is 21.7. The summed E-state index contributed by atoms with van der Waals surface area (Å²) in [4.78, 5) is 27.7. The van der Waals surface area contributed by atoms with E-state index < -0.39 is 40.2 Å². The Labute approximate surface area is 210 Å². The number of hydrogen-bond acceptors (Lipinski definition) is 4. The van der Waals surface area contributed by atoms with Crippen molar-refractivity contribution in [1.29, 1.82) is 0 Å². The Bertz CT molecular complexity index is 1140. The van der Waals surface area contributed by atoms with E-state index in [0.29, 0.717) is 27.5 Å². The summed E-state index contributed by atoms with van der Waals surface area (Å²) >= 11 is 5.96. The van der Waals surface area contributed by atoms with Gasteiger partial charge in [-0.15, -0.1) is 0 Å². The SMILES string of the molecule is CC[C@H](C(=O)NCC(C)C)N(Cc1ccc(Cl)cc1)C(=O)CN(c1ccc(F)c(F)c1)S(C)(=O)=O. The Kier molecular flexibility index (Phi) is 10.0. The van der Waals surface area contributed by atoms with Crippen LogP contribution in [-0.4, -0.2) is 50.5 Å². The normalized spacial score (nSPS) is 12.3. The third kappa shape index (κ3) is 8.17. The van der Waals surface area contributed by atoms with Crippen molar-refractivity contribution in [3.05, 3.63) is 64.7 Å². The number of hydrogen-bond donors (Lipinski definition) is 1. The highest BCUT2D eigenvalue weighted by Crippen LogP contribution is 2.22. The molecule has 2 aromatic rings. The highest BCUT2D eigenvalue weighted by molar-refractivity contribution is 7.92. The van der Waals surface area contributed by atoms with Crippen molar-refractivity contribution in [1.82, 2.24) is 10.2 Å². The van der Waals surface area contributed by atoms with Crippen LogP contribution in [0.3, 0.4) is 0 Å². The highest BCUT2D eigenvalue weighted by Gasteiger charge is 2.32. The first-order chi connectivity index (χ1) is 16.3. The molecular weight excluding hydrogens is 500 g/mol. The number of carbonyl (C=O) groups is 2. The van der Waals surface area contributed by atoms with Gasteiger partial charge in [-0.1, -0.05) is 44.5 Å². The van der Waals surface area contributed by atoms with Crippen LogP contribution >= 0.6 is 11.6 Å². The second-order valence-corrected chi connectivity index (χ2v) is 10.9. The number of rotatable bonds is 11. The molecule has 1 N–H and O–H groups in total. The summed E-state index contributed by atoms with van der Waals surface area (Å²) < 4.78 is 52.9. The first kappa shape index (κ1) is 28.5. The van der Waals surface area contributed by atoms with Crippen LogP contribution in [0.5, 0.6) is 0 Å². The number of amides is 2. The zero-order chi connectivity index (χ0) is 26.3. The summed E-state index contributed by atoms with van der Waals surface area (Å²) in [7, 11) is -4.05. The summed E-state index contributed by atoms with van der Waals surface area (Å²) in [6, 6.07) is 8.36. The first-order valence-corrected chi connectivity index (χ1v) is 13.3. The molecule has 0 aliphatic carbocycles. The minimum Gasteiger partial charge on any atom is -0.354 e. The minimum atomic E-state index is -4.05. The van der Waals surface area contributed by atoms with Gasteiger partial charge in [0.15, 0.2) is 11.6 Å². The summed E-state index contributed by atoms with van der Waals surface area (Å²) in [5.41, 5.74) is 0.472. The zero-order valence-electron chi connectivity index (χ0n) is 20.1. The van der Waals surface area contributed by atoms with Crippen LogP contribution in [0, 0.1) is 17.6 Å². The lowest BCUT2D eigenvalue weighted by Gasteiger charge is -2.33. The summed E-state index contributed by atoms with van der Waals surface area (Å²) in [5, 5.41) is 3.31. The Morgan fingerprint density at radius 2 is 1.69 bits per heavy atom. The molecule has 0 radical (unpaired) electrons. The third-order valence-electron chi connectivity index (χ3n) is 5.21. The fourth-order valence-electron chi connectivity index (χ4n) is 3.38. The lowest BCUT2D eigenvalue weighted by atomic mass is 10.1. The van der Waals surface area contributed by atoms with E-state index in [2.05, 4.69) is 5.32 Å². The van der Waals surface area contributed by atoms with Gasteiger partial charge in [0, 0.05) is 24.2 Å². The minimum absolute atomic E-state index is 0.0129. The van der Waals surface area contributed by atoms with Gasteiger partial charge in [-0.25, -0.2) is 17.2 Å². The van der Waals surface area contributed by atoms with Gasteiger partial charge in [-0.2, -0.15) is 0 Å². The average Bonchev–Trinajstić information content (AvgIpc) is 2.78. The maximum atomic E-state index is 13.8. The summed E-state index contributed by atoms with van der Waals surface area (Å²) in [5.74, 6) is -3.26. The van der Waals surface area contributed by atoms with Crippen molar-refractivity contribution in [3.8, 4) is 0 Å². The highest BCUT2D eigenvalue weighted by atomic mass is 35.5. The van der Waals surface area contributed by atoms with Crippen LogP contribution in [0.4, 0.5) is 14.5 Å². The second kappa shape index (κ2) is 12.3. The fraction of sp³-hybridized carbons (Fsp3) is 0.417. The van der Waals surface area contributed by atoms with Crippen LogP contribution in [0.25, 0.3) is 0 Å². The number of benzene rings is 2. The fourth-order valence-corrected chi connectivity index (χ4v) is 4.35.